The lowest BCUT2D eigenvalue weighted by molar-refractivity contribution is -0.364. The zero-order valence-electron chi connectivity index (χ0n) is 17.0. The molecular weight excluding hydrogens is 472 g/mol. The SMILES string of the molecule is COc1cc(Cc2c[nH+]c(N)nc2N)cc(OCCC[C@@H](CCC(=O)[O-])C(=O)[O-])c1Br. The number of nitrogens with one attached hydrogen (secondary N) is 1. The van der Waals surface area contributed by atoms with Crippen molar-refractivity contribution >= 4 is 39.6 Å². The largest absolute Gasteiger partial charge is 0.550 e. The highest BCUT2D eigenvalue weighted by molar-refractivity contribution is 9.10. The van der Waals surface area contributed by atoms with Crippen molar-refractivity contribution in [2.24, 2.45) is 5.92 Å². The Hall–Kier alpha value is -3.08. The molecule has 168 valence electrons. The average molecular weight is 496 g/mol. The van der Waals surface area contributed by atoms with E-state index >= 15 is 0 Å². The fourth-order valence-electron chi connectivity index (χ4n) is 3.00. The smallest absolute Gasteiger partial charge is 0.388 e. The first-order chi connectivity index (χ1) is 14.7. The van der Waals surface area contributed by atoms with Crippen LogP contribution in [0.15, 0.2) is 22.8 Å². The molecule has 31 heavy (non-hydrogen) atoms. The highest BCUT2D eigenvalue weighted by atomic mass is 79.9. The van der Waals surface area contributed by atoms with E-state index in [-0.39, 0.29) is 31.8 Å². The van der Waals surface area contributed by atoms with Crippen molar-refractivity contribution in [2.45, 2.75) is 32.1 Å². The number of H-pyrrole nitrogens is 1. The molecule has 1 aromatic carbocycles. The molecule has 1 atom stereocenters. The van der Waals surface area contributed by atoms with E-state index in [0.29, 0.717) is 34.6 Å². The number of nitrogens with two attached hydrogens (primary N) is 2. The molecule has 0 unspecified atom stereocenters. The molecule has 1 aromatic heterocycles. The number of hydrogen-bond acceptors (Lipinski definition) is 9. The first kappa shape index (κ1) is 24.2. The maximum Gasteiger partial charge on any atom is 0.388 e. The molecule has 0 aliphatic carbocycles. The second-order valence-electron chi connectivity index (χ2n) is 6.90. The van der Waals surface area contributed by atoms with Crippen molar-refractivity contribution < 1.29 is 34.3 Å². The summed E-state index contributed by atoms with van der Waals surface area (Å²) in [4.78, 5) is 28.5. The first-order valence-electron chi connectivity index (χ1n) is 9.53. The Balaban J connectivity index is 2.05. The molecule has 0 amide bonds. The van der Waals surface area contributed by atoms with Crippen LogP contribution in [0.25, 0.3) is 0 Å². The number of aromatic amines is 1. The van der Waals surface area contributed by atoms with E-state index < -0.39 is 17.9 Å². The van der Waals surface area contributed by atoms with Crippen molar-refractivity contribution in [3.8, 4) is 11.5 Å². The number of carbonyl (C=O) groups is 2. The summed E-state index contributed by atoms with van der Waals surface area (Å²) in [7, 11) is 1.53. The van der Waals surface area contributed by atoms with Gasteiger partial charge in [-0.3, -0.25) is 5.73 Å². The number of benzene rings is 1. The molecule has 0 aliphatic heterocycles. The summed E-state index contributed by atoms with van der Waals surface area (Å²) in [5, 5.41) is 21.7. The molecule has 0 saturated carbocycles. The fourth-order valence-corrected chi connectivity index (χ4v) is 3.50. The zero-order valence-corrected chi connectivity index (χ0v) is 18.6. The van der Waals surface area contributed by atoms with E-state index in [1.54, 1.807) is 6.20 Å². The highest BCUT2D eigenvalue weighted by Gasteiger charge is 2.15. The quantitative estimate of drug-likeness (QED) is 0.366. The van der Waals surface area contributed by atoms with Crippen LogP contribution in [0, 0.1) is 5.92 Å². The third kappa shape index (κ3) is 7.28. The van der Waals surface area contributed by atoms with E-state index in [4.69, 9.17) is 20.9 Å². The van der Waals surface area contributed by atoms with E-state index in [2.05, 4.69) is 25.9 Å². The molecule has 0 bridgehead atoms. The summed E-state index contributed by atoms with van der Waals surface area (Å²) in [6.07, 6.45) is 2.39. The number of carbonyl (C=O) groups excluding carboxylic acids is 2. The van der Waals surface area contributed by atoms with Crippen LogP contribution in [-0.4, -0.2) is 30.6 Å². The lowest BCUT2D eigenvalue weighted by Crippen LogP contribution is -2.33. The van der Waals surface area contributed by atoms with E-state index in [1.807, 2.05) is 12.1 Å². The number of rotatable bonds is 12. The third-order valence-corrected chi connectivity index (χ3v) is 5.41. The van der Waals surface area contributed by atoms with Gasteiger partial charge in [-0.1, -0.05) is 4.98 Å². The van der Waals surface area contributed by atoms with Crippen LogP contribution in [0.4, 0.5) is 11.8 Å². The van der Waals surface area contributed by atoms with Crippen LogP contribution in [0.1, 0.15) is 36.8 Å². The highest BCUT2D eigenvalue weighted by Crippen LogP contribution is 2.37. The molecule has 1 heterocycles. The summed E-state index contributed by atoms with van der Waals surface area (Å²) >= 11 is 3.44. The fraction of sp³-hybridized carbons (Fsp3) is 0.400. The number of carboxylic acids is 2. The van der Waals surface area contributed by atoms with Crippen LogP contribution in [0.5, 0.6) is 11.5 Å². The van der Waals surface area contributed by atoms with Crippen molar-refractivity contribution in [3.05, 3.63) is 33.9 Å². The van der Waals surface area contributed by atoms with Crippen molar-refractivity contribution in [1.82, 2.24) is 4.98 Å². The summed E-state index contributed by atoms with van der Waals surface area (Å²) in [5.41, 5.74) is 13.1. The number of hydrogen-bond donors (Lipinski definition) is 2. The second kappa shape index (κ2) is 11.3. The Kier molecular flexibility index (Phi) is 8.86. The zero-order chi connectivity index (χ0) is 23.0. The maximum absolute atomic E-state index is 11.2. The molecule has 5 N–H and O–H groups in total. The Morgan fingerprint density at radius 1 is 1.23 bits per heavy atom. The molecule has 0 saturated heterocycles. The number of halogens is 1. The van der Waals surface area contributed by atoms with Gasteiger partial charge in [-0.25, -0.2) is 4.98 Å². The lowest BCUT2D eigenvalue weighted by atomic mass is 9.98. The van der Waals surface area contributed by atoms with Crippen molar-refractivity contribution in [3.63, 3.8) is 0 Å². The minimum absolute atomic E-state index is 0.0360. The molecule has 2 rings (SSSR count). The number of carboxylic acid groups (broad SMARTS) is 2. The number of nitrogen functional groups attached to an aromatic ring is 2. The van der Waals surface area contributed by atoms with Gasteiger partial charge < -0.3 is 35.0 Å². The molecule has 0 spiro atoms. The van der Waals surface area contributed by atoms with Crippen LogP contribution >= 0.6 is 15.9 Å². The summed E-state index contributed by atoms with van der Waals surface area (Å²) < 4.78 is 11.8. The molecular formula is C20H24BrN4O6-. The van der Waals surface area contributed by atoms with Crippen molar-refractivity contribution in [2.75, 3.05) is 25.2 Å². The Morgan fingerprint density at radius 3 is 2.55 bits per heavy atom. The van der Waals surface area contributed by atoms with Gasteiger partial charge in [0, 0.05) is 23.9 Å². The number of methoxy groups -OCH3 is 1. The normalized spacial score (nSPS) is 11.7. The lowest BCUT2D eigenvalue weighted by Gasteiger charge is -2.19. The average Bonchev–Trinajstić information content (AvgIpc) is 2.70. The van der Waals surface area contributed by atoms with Crippen LogP contribution in [0.3, 0.4) is 0 Å². The van der Waals surface area contributed by atoms with Crippen LogP contribution in [-0.2, 0) is 16.0 Å². The second-order valence-corrected chi connectivity index (χ2v) is 7.69. The first-order valence-corrected chi connectivity index (χ1v) is 10.3. The summed E-state index contributed by atoms with van der Waals surface area (Å²) in [5.74, 6) is -1.84. The minimum Gasteiger partial charge on any atom is -0.550 e. The Morgan fingerprint density at radius 2 is 1.94 bits per heavy atom. The summed E-state index contributed by atoms with van der Waals surface area (Å²) in [6, 6.07) is 3.65. The van der Waals surface area contributed by atoms with Gasteiger partial charge in [0.1, 0.15) is 16.0 Å². The maximum atomic E-state index is 11.2. The standard InChI is InChI=1S/C20H25BrN4O6/c1-30-14-8-11(7-13-10-24-20(23)25-18(13)22)9-15(17(14)21)31-6-2-3-12(19(28)29)4-5-16(26)27/h8-10,12H,2-7H2,1H3,(H,26,27)(H,28,29)(H4,22,23,24,25)/p-1/t12-/m0/s1. The number of aliphatic carboxylic acids is 2. The van der Waals surface area contributed by atoms with E-state index in [9.17, 15) is 19.8 Å². The Bertz CT molecular complexity index is 940. The third-order valence-electron chi connectivity index (χ3n) is 4.63. The Labute approximate surface area is 187 Å². The van der Waals surface area contributed by atoms with Gasteiger partial charge in [0.25, 0.3) is 0 Å². The number of aromatic nitrogens is 2. The van der Waals surface area contributed by atoms with Gasteiger partial charge in [0.15, 0.2) is 0 Å². The number of anilines is 2. The van der Waals surface area contributed by atoms with Gasteiger partial charge in [0.05, 0.1) is 19.9 Å². The van der Waals surface area contributed by atoms with E-state index in [1.165, 1.54) is 7.11 Å². The molecule has 0 radical (unpaired) electrons. The molecule has 0 aliphatic rings. The van der Waals surface area contributed by atoms with Crippen LogP contribution in [0.2, 0.25) is 0 Å². The number of ether oxygens (including phenoxy) is 2. The van der Waals surface area contributed by atoms with Crippen molar-refractivity contribution in [1.29, 1.82) is 0 Å². The predicted octanol–water partition coefficient (Wildman–Crippen LogP) is -0.523. The monoisotopic (exact) mass is 495 g/mol. The predicted molar refractivity (Wildman–Crippen MR) is 111 cm³/mol. The minimum atomic E-state index is -1.29. The molecule has 0 fully saturated rings. The molecule has 11 heteroatoms. The van der Waals surface area contributed by atoms with Gasteiger partial charge >= 0.3 is 5.95 Å². The number of nitrogens with zero attached hydrogens (tertiary/aromatic N) is 1. The topological polar surface area (TPSA) is 178 Å². The van der Waals surface area contributed by atoms with Gasteiger partial charge in [-0.15, -0.1) is 0 Å². The summed E-state index contributed by atoms with van der Waals surface area (Å²) in [6.45, 7) is 0.222. The van der Waals surface area contributed by atoms with Crippen LogP contribution < -0.4 is 36.1 Å². The van der Waals surface area contributed by atoms with E-state index in [0.717, 1.165) is 11.1 Å². The van der Waals surface area contributed by atoms with Gasteiger partial charge in [0.2, 0.25) is 5.82 Å². The molecule has 10 nitrogen and oxygen atoms in total. The van der Waals surface area contributed by atoms with Gasteiger partial charge in [-0.05, 0) is 65.2 Å². The molecule has 2 aromatic rings. The van der Waals surface area contributed by atoms with Gasteiger partial charge in [-0.2, -0.15) is 0 Å².